The Hall–Kier alpha value is -0.690. The summed E-state index contributed by atoms with van der Waals surface area (Å²) < 4.78 is 26.5. The molecule has 0 aliphatic carbocycles. The van der Waals surface area contributed by atoms with E-state index in [0.717, 1.165) is 17.7 Å². The number of hydrogen-bond donors (Lipinski definition) is 1. The van der Waals surface area contributed by atoms with E-state index in [2.05, 4.69) is 11.9 Å². The molecule has 0 saturated heterocycles. The third-order valence-electron chi connectivity index (χ3n) is 2.94. The smallest absolute Gasteiger partial charge is 0.243 e. The van der Waals surface area contributed by atoms with Crippen LogP contribution in [0.4, 0.5) is 0 Å². The summed E-state index contributed by atoms with van der Waals surface area (Å²) in [5.41, 5.74) is 0. The Morgan fingerprint density at radius 3 is 2.80 bits per heavy atom. The Kier molecular flexibility index (Phi) is 6.88. The molecular weight excluding hydrogens is 292 g/mol. The van der Waals surface area contributed by atoms with Crippen molar-refractivity contribution in [2.45, 2.75) is 44.2 Å². The lowest BCUT2D eigenvalue weighted by Crippen LogP contribution is -2.29. The van der Waals surface area contributed by atoms with Gasteiger partial charge in [0.15, 0.2) is 0 Å². The van der Waals surface area contributed by atoms with E-state index in [0.29, 0.717) is 24.0 Å². The number of rotatable bonds is 9. The van der Waals surface area contributed by atoms with E-state index in [1.54, 1.807) is 13.1 Å². The fourth-order valence-corrected chi connectivity index (χ4v) is 4.30. The first-order chi connectivity index (χ1) is 9.39. The van der Waals surface area contributed by atoms with Gasteiger partial charge in [-0.05, 0) is 24.3 Å². The van der Waals surface area contributed by atoms with Gasteiger partial charge in [-0.2, -0.15) is 0 Å². The lowest BCUT2D eigenvalue weighted by molar-refractivity contribution is 0.462. The molecule has 0 bridgehead atoms. The number of hydrogen-bond acceptors (Lipinski definition) is 4. The number of nitrogens with zero attached hydrogens (tertiary/aromatic N) is 1. The van der Waals surface area contributed by atoms with Gasteiger partial charge in [0, 0.05) is 31.1 Å². The molecule has 6 heteroatoms. The number of allylic oxidation sites excluding steroid dienone is 1. The number of nitrogens with one attached hydrogen (secondary N) is 1. The van der Waals surface area contributed by atoms with Gasteiger partial charge in [-0.15, -0.1) is 17.9 Å². The van der Waals surface area contributed by atoms with Crippen LogP contribution in [0.1, 0.15) is 31.6 Å². The molecule has 0 aromatic carbocycles. The van der Waals surface area contributed by atoms with Crippen molar-refractivity contribution >= 4 is 21.4 Å². The highest BCUT2D eigenvalue weighted by molar-refractivity contribution is 7.89. The summed E-state index contributed by atoms with van der Waals surface area (Å²) in [6, 6.07) is 2.03. The zero-order chi connectivity index (χ0) is 15.2. The molecule has 114 valence electrons. The second kappa shape index (κ2) is 7.93. The molecule has 0 spiro atoms. The minimum Gasteiger partial charge on any atom is -0.310 e. The molecular formula is C14H24N2O2S2. The summed E-state index contributed by atoms with van der Waals surface area (Å²) >= 11 is 1.48. The highest BCUT2D eigenvalue weighted by Gasteiger charge is 2.24. The molecule has 0 fully saturated rings. The fourth-order valence-electron chi connectivity index (χ4n) is 1.73. The molecule has 0 saturated carbocycles. The standard InChI is InChI=1S/C14H24N2O2S2/c1-5-6-7-9-16(4)20(17,18)14-8-10-19-13(14)11-15-12(2)3/h5,8,10,12,15H,1,6-7,9,11H2,2-4H3. The Bertz CT molecular complexity index is 521. The van der Waals surface area contributed by atoms with Crippen LogP contribution in [0.25, 0.3) is 0 Å². The van der Waals surface area contributed by atoms with Crippen molar-refractivity contribution < 1.29 is 8.42 Å². The Balaban J connectivity index is 2.81. The van der Waals surface area contributed by atoms with Crippen LogP contribution in [-0.4, -0.2) is 32.4 Å². The van der Waals surface area contributed by atoms with Crippen molar-refractivity contribution in [3.05, 3.63) is 29.0 Å². The first-order valence-corrected chi connectivity index (χ1v) is 9.08. The second-order valence-corrected chi connectivity index (χ2v) is 8.02. The molecule has 1 rings (SSSR count). The van der Waals surface area contributed by atoms with Crippen molar-refractivity contribution in [1.82, 2.24) is 9.62 Å². The van der Waals surface area contributed by atoms with Gasteiger partial charge in [0.1, 0.15) is 0 Å². The monoisotopic (exact) mass is 316 g/mol. The maximum absolute atomic E-state index is 12.5. The van der Waals surface area contributed by atoms with Gasteiger partial charge < -0.3 is 5.32 Å². The van der Waals surface area contributed by atoms with Crippen molar-refractivity contribution in [3.8, 4) is 0 Å². The molecule has 1 aromatic rings. The molecule has 0 unspecified atom stereocenters. The first kappa shape index (κ1) is 17.4. The van der Waals surface area contributed by atoms with Crippen LogP contribution in [0.15, 0.2) is 29.0 Å². The van der Waals surface area contributed by atoms with Gasteiger partial charge in [0.2, 0.25) is 10.0 Å². The molecule has 1 N–H and O–H groups in total. The van der Waals surface area contributed by atoms with Crippen LogP contribution >= 0.6 is 11.3 Å². The van der Waals surface area contributed by atoms with E-state index >= 15 is 0 Å². The normalized spacial score (nSPS) is 12.2. The summed E-state index contributed by atoms with van der Waals surface area (Å²) in [7, 11) is -1.75. The predicted octanol–water partition coefficient (Wildman–Crippen LogP) is 2.83. The number of sulfonamides is 1. The van der Waals surface area contributed by atoms with Crippen LogP contribution < -0.4 is 5.32 Å². The summed E-state index contributed by atoms with van der Waals surface area (Å²) in [5.74, 6) is 0. The highest BCUT2D eigenvalue weighted by Crippen LogP contribution is 2.24. The molecule has 0 radical (unpaired) electrons. The highest BCUT2D eigenvalue weighted by atomic mass is 32.2. The molecule has 0 amide bonds. The molecule has 0 aliphatic rings. The summed E-state index contributed by atoms with van der Waals surface area (Å²) in [6.45, 7) is 8.84. The first-order valence-electron chi connectivity index (χ1n) is 6.76. The number of thiophene rings is 1. The maximum atomic E-state index is 12.5. The summed E-state index contributed by atoms with van der Waals surface area (Å²) in [4.78, 5) is 1.30. The molecule has 20 heavy (non-hydrogen) atoms. The third kappa shape index (κ3) is 4.70. The average Bonchev–Trinajstić information content (AvgIpc) is 2.85. The van der Waals surface area contributed by atoms with E-state index in [9.17, 15) is 8.42 Å². The van der Waals surface area contributed by atoms with Gasteiger partial charge in [0.05, 0.1) is 4.90 Å². The second-order valence-electron chi connectivity index (χ2n) is 5.00. The van der Waals surface area contributed by atoms with Crippen LogP contribution in [0.3, 0.4) is 0 Å². The van der Waals surface area contributed by atoms with Crippen molar-refractivity contribution in [3.63, 3.8) is 0 Å². The van der Waals surface area contributed by atoms with Crippen LogP contribution in [-0.2, 0) is 16.6 Å². The largest absolute Gasteiger partial charge is 0.310 e. The fraction of sp³-hybridized carbons (Fsp3) is 0.571. The van der Waals surface area contributed by atoms with Gasteiger partial charge in [-0.25, -0.2) is 12.7 Å². The lowest BCUT2D eigenvalue weighted by Gasteiger charge is -2.17. The van der Waals surface area contributed by atoms with Gasteiger partial charge in [0.25, 0.3) is 0 Å². The minimum absolute atomic E-state index is 0.331. The van der Waals surface area contributed by atoms with Crippen molar-refractivity contribution in [2.75, 3.05) is 13.6 Å². The number of unbranched alkanes of at least 4 members (excludes halogenated alkanes) is 1. The van der Waals surface area contributed by atoms with Crippen LogP contribution in [0, 0.1) is 0 Å². The average molecular weight is 316 g/mol. The predicted molar refractivity (Wildman–Crippen MR) is 85.5 cm³/mol. The topological polar surface area (TPSA) is 49.4 Å². The summed E-state index contributed by atoms with van der Waals surface area (Å²) in [5, 5.41) is 5.10. The Morgan fingerprint density at radius 1 is 1.50 bits per heavy atom. The Morgan fingerprint density at radius 2 is 2.20 bits per heavy atom. The third-order valence-corrected chi connectivity index (χ3v) is 5.94. The van der Waals surface area contributed by atoms with E-state index in [1.165, 1.54) is 15.6 Å². The van der Waals surface area contributed by atoms with Gasteiger partial charge >= 0.3 is 0 Å². The molecule has 1 aromatic heterocycles. The zero-order valence-corrected chi connectivity index (χ0v) is 14.1. The molecule has 4 nitrogen and oxygen atoms in total. The van der Waals surface area contributed by atoms with E-state index in [4.69, 9.17) is 0 Å². The molecule has 0 aliphatic heterocycles. The lowest BCUT2D eigenvalue weighted by atomic mass is 10.3. The van der Waals surface area contributed by atoms with Gasteiger partial charge in [-0.1, -0.05) is 19.9 Å². The van der Waals surface area contributed by atoms with E-state index in [1.807, 2.05) is 25.3 Å². The molecule has 1 heterocycles. The van der Waals surface area contributed by atoms with Crippen LogP contribution in [0.5, 0.6) is 0 Å². The van der Waals surface area contributed by atoms with Crippen molar-refractivity contribution in [2.24, 2.45) is 0 Å². The summed E-state index contributed by atoms with van der Waals surface area (Å²) in [6.07, 6.45) is 3.43. The van der Waals surface area contributed by atoms with E-state index < -0.39 is 10.0 Å². The quantitative estimate of drug-likeness (QED) is 0.563. The SMILES string of the molecule is C=CCCCN(C)S(=O)(=O)c1ccsc1CNC(C)C. The molecule has 0 atom stereocenters. The Labute approximate surface area is 126 Å². The van der Waals surface area contributed by atoms with Gasteiger partial charge in [-0.3, -0.25) is 0 Å². The maximum Gasteiger partial charge on any atom is 0.243 e. The van der Waals surface area contributed by atoms with Crippen LogP contribution in [0.2, 0.25) is 0 Å². The van der Waals surface area contributed by atoms with Crippen molar-refractivity contribution in [1.29, 1.82) is 0 Å². The van der Waals surface area contributed by atoms with E-state index in [-0.39, 0.29) is 0 Å². The minimum atomic E-state index is -3.39. The zero-order valence-electron chi connectivity index (χ0n) is 12.4.